The van der Waals surface area contributed by atoms with Crippen LogP contribution in [-0.2, 0) is 0 Å². The fourth-order valence-electron chi connectivity index (χ4n) is 2.42. The van der Waals surface area contributed by atoms with Gasteiger partial charge >= 0.3 is 0 Å². The molecule has 0 atom stereocenters. The third-order valence-electron chi connectivity index (χ3n) is 2.67. The van der Waals surface area contributed by atoms with Crippen LogP contribution < -0.4 is 0 Å². The van der Waals surface area contributed by atoms with E-state index in [0.717, 1.165) is 0 Å². The Morgan fingerprint density at radius 2 is 1.05 bits per heavy atom. The summed E-state index contributed by atoms with van der Waals surface area (Å²) in [5.41, 5.74) is 0.0426. The summed E-state index contributed by atoms with van der Waals surface area (Å²) in [7, 11) is 1.03. The first-order valence-corrected chi connectivity index (χ1v) is 14.6. The molecule has 1 nitrogen and oxygen atoms in total. The van der Waals surface area contributed by atoms with Crippen LogP contribution in [0.4, 0.5) is 0 Å². The molecule has 19 heavy (non-hydrogen) atoms. The van der Waals surface area contributed by atoms with Gasteiger partial charge in [-0.25, -0.2) is 0 Å². The lowest BCUT2D eigenvalue weighted by Gasteiger charge is -2.50. The minimum absolute atomic E-state index is 0.0426. The summed E-state index contributed by atoms with van der Waals surface area (Å²) in [6, 6.07) is 0. The average molecular weight is 322 g/mol. The van der Waals surface area contributed by atoms with Crippen LogP contribution in [0.2, 0.25) is 19.6 Å². The van der Waals surface area contributed by atoms with Gasteiger partial charge in [0.2, 0.25) is 0 Å². The maximum Gasteiger partial charge on any atom is 0.115 e. The predicted molar refractivity (Wildman–Crippen MR) is 99.5 cm³/mol. The van der Waals surface area contributed by atoms with Crippen LogP contribution in [0.15, 0.2) is 4.74 Å². The zero-order valence-electron chi connectivity index (χ0n) is 15.3. The van der Waals surface area contributed by atoms with Crippen LogP contribution in [0.5, 0.6) is 0 Å². The van der Waals surface area contributed by atoms with E-state index in [-0.39, 0.29) is 15.9 Å². The SMILES string of the molecule is CC(C)(C)N=P(S[Si](C)(C)C)(C(C)(C)C)C(C)(C)C. The molecule has 0 aliphatic heterocycles. The fourth-order valence-corrected chi connectivity index (χ4v) is 24.6. The van der Waals surface area contributed by atoms with Gasteiger partial charge < -0.3 is 0 Å². The smallest absolute Gasteiger partial charge is 0.115 e. The van der Waals surface area contributed by atoms with Gasteiger partial charge in [0.15, 0.2) is 0 Å². The fraction of sp³-hybridized carbons (Fsp3) is 1.00. The van der Waals surface area contributed by atoms with Gasteiger partial charge in [0.05, 0.1) is 5.54 Å². The third kappa shape index (κ3) is 5.59. The summed E-state index contributed by atoms with van der Waals surface area (Å²) < 4.78 is 5.48. The molecule has 0 aliphatic rings. The first kappa shape index (κ1) is 19.8. The van der Waals surface area contributed by atoms with Gasteiger partial charge in [-0.05, 0) is 20.8 Å². The Balaban J connectivity index is 6.33. The second-order valence-corrected chi connectivity index (χ2v) is 25.3. The molecule has 0 spiro atoms. The van der Waals surface area contributed by atoms with Gasteiger partial charge in [0.25, 0.3) is 0 Å². The van der Waals surface area contributed by atoms with E-state index >= 15 is 0 Å². The van der Waals surface area contributed by atoms with Crippen molar-refractivity contribution in [1.29, 1.82) is 0 Å². The van der Waals surface area contributed by atoms with Crippen molar-refractivity contribution >= 4 is 24.3 Å². The highest BCUT2D eigenvalue weighted by atomic mass is 32.9. The lowest BCUT2D eigenvalue weighted by Crippen LogP contribution is -2.32. The summed E-state index contributed by atoms with van der Waals surface area (Å²) >= 11 is 0. The van der Waals surface area contributed by atoms with Gasteiger partial charge in [-0.3, -0.25) is 4.74 Å². The van der Waals surface area contributed by atoms with E-state index in [1.54, 1.807) is 0 Å². The van der Waals surface area contributed by atoms with E-state index < -0.39 is 13.5 Å². The molecule has 0 fully saturated rings. The summed E-state index contributed by atoms with van der Waals surface area (Å²) in [5.74, 6) is 0. The van der Waals surface area contributed by atoms with Crippen molar-refractivity contribution in [2.45, 2.75) is 97.8 Å². The Hall–Kier alpha value is 0.797. The summed E-state index contributed by atoms with van der Waals surface area (Å²) in [6.07, 6.45) is -1.50. The van der Waals surface area contributed by atoms with E-state index in [1.165, 1.54) is 0 Å². The molecule has 0 amide bonds. The molecule has 0 N–H and O–H groups in total. The molecule has 0 unspecified atom stereocenters. The third-order valence-corrected chi connectivity index (χ3v) is 21.3. The molecule has 0 radical (unpaired) electrons. The lowest BCUT2D eigenvalue weighted by molar-refractivity contribution is 0.578. The van der Waals surface area contributed by atoms with Crippen molar-refractivity contribution in [3.8, 4) is 0 Å². The molecule has 0 aromatic carbocycles. The quantitative estimate of drug-likeness (QED) is 0.391. The topological polar surface area (TPSA) is 12.4 Å². The maximum absolute atomic E-state index is 5.48. The number of rotatable bonds is 2. The van der Waals surface area contributed by atoms with Crippen molar-refractivity contribution in [3.63, 3.8) is 0 Å². The summed E-state index contributed by atoms with van der Waals surface area (Å²) in [4.78, 5) is 0. The van der Waals surface area contributed by atoms with E-state index in [9.17, 15) is 0 Å². The molecule has 0 aromatic rings. The zero-order chi connectivity index (χ0) is 15.9. The predicted octanol–water partition coefficient (Wildman–Crippen LogP) is 7.07. The van der Waals surface area contributed by atoms with Gasteiger partial charge in [0, 0.05) is 16.6 Å². The van der Waals surface area contributed by atoms with Crippen molar-refractivity contribution in [2.24, 2.45) is 4.74 Å². The molecule has 4 heteroatoms. The van der Waals surface area contributed by atoms with Crippen molar-refractivity contribution in [3.05, 3.63) is 0 Å². The molecular weight excluding hydrogens is 285 g/mol. The normalized spacial score (nSPS) is 15.6. The Labute approximate surface area is 127 Å². The van der Waals surface area contributed by atoms with Gasteiger partial charge in [-0.2, -0.15) is 0 Å². The molecule has 0 aromatic heterocycles. The zero-order valence-corrected chi connectivity index (χ0v) is 18.0. The van der Waals surface area contributed by atoms with E-state index in [2.05, 4.69) is 92.8 Å². The van der Waals surface area contributed by atoms with Crippen LogP contribution in [0.1, 0.15) is 62.3 Å². The first-order valence-electron chi connectivity index (χ1n) is 7.26. The standard InChI is InChI=1S/C15H36NPSSi/c1-13(2,3)16-17(14(4,5)6,15(7,8)9)18-19(10,11)12/h1-12H3. The monoisotopic (exact) mass is 321 g/mol. The minimum atomic E-state index is -1.50. The molecule has 0 bridgehead atoms. The summed E-state index contributed by atoms with van der Waals surface area (Å²) in [6.45, 7) is 28.5. The Kier molecular flexibility index (Phi) is 5.77. The van der Waals surface area contributed by atoms with Crippen LogP contribution in [0.3, 0.4) is 0 Å². The highest BCUT2D eigenvalue weighted by molar-refractivity contribution is 8.73. The van der Waals surface area contributed by atoms with E-state index in [0.29, 0.717) is 0 Å². The van der Waals surface area contributed by atoms with Crippen LogP contribution in [-0.4, -0.2) is 23.1 Å². The first-order chi connectivity index (χ1) is 7.91. The van der Waals surface area contributed by atoms with Crippen LogP contribution in [0.25, 0.3) is 0 Å². The van der Waals surface area contributed by atoms with Gasteiger partial charge in [-0.1, -0.05) is 61.2 Å². The Morgan fingerprint density at radius 1 is 0.737 bits per heavy atom. The minimum Gasteiger partial charge on any atom is -0.287 e. The molecule has 0 rings (SSSR count). The number of hydrogen-bond donors (Lipinski definition) is 0. The maximum atomic E-state index is 5.48. The average Bonchev–Trinajstić information content (AvgIpc) is 1.91. The van der Waals surface area contributed by atoms with E-state index in [4.69, 9.17) is 4.74 Å². The molecule has 0 saturated carbocycles. The lowest BCUT2D eigenvalue weighted by atomic mass is 10.1. The second-order valence-electron chi connectivity index (χ2n) is 9.39. The molecule has 0 aliphatic carbocycles. The van der Waals surface area contributed by atoms with Crippen LogP contribution in [0, 0.1) is 0 Å². The molecule has 116 valence electrons. The molecule has 0 heterocycles. The van der Waals surface area contributed by atoms with Gasteiger partial charge in [0.1, 0.15) is 7.22 Å². The number of nitrogens with zero attached hydrogens (tertiary/aromatic N) is 1. The van der Waals surface area contributed by atoms with Crippen molar-refractivity contribution in [1.82, 2.24) is 0 Å². The Morgan fingerprint density at radius 3 is 1.21 bits per heavy atom. The molecular formula is C15H36NPSSi. The van der Waals surface area contributed by atoms with Crippen molar-refractivity contribution in [2.75, 3.05) is 0 Å². The van der Waals surface area contributed by atoms with Crippen molar-refractivity contribution < 1.29 is 0 Å². The largest absolute Gasteiger partial charge is 0.287 e. The van der Waals surface area contributed by atoms with Crippen LogP contribution >= 0.6 is 17.1 Å². The summed E-state index contributed by atoms with van der Waals surface area (Å²) in [5, 5.41) is 0.507. The van der Waals surface area contributed by atoms with Gasteiger partial charge in [-0.15, -0.1) is 10.8 Å². The Bertz CT molecular complexity index is 344. The molecule has 0 saturated heterocycles. The number of hydrogen-bond acceptors (Lipinski definition) is 2. The highest BCUT2D eigenvalue weighted by Gasteiger charge is 2.47. The van der Waals surface area contributed by atoms with E-state index in [1.807, 2.05) is 0 Å². The highest BCUT2D eigenvalue weighted by Crippen LogP contribution is 2.80. The second kappa shape index (κ2) is 5.53.